The molecule has 0 unspecified atom stereocenters. The van der Waals surface area contributed by atoms with Gasteiger partial charge < -0.3 is 5.32 Å². The molecule has 1 aromatic rings. The summed E-state index contributed by atoms with van der Waals surface area (Å²) in [6.07, 6.45) is 3.61. The van der Waals surface area contributed by atoms with Gasteiger partial charge >= 0.3 is 0 Å². The summed E-state index contributed by atoms with van der Waals surface area (Å²) in [6, 6.07) is 5.42. The molecular formula is C12H16FN. The Morgan fingerprint density at radius 3 is 2.93 bits per heavy atom. The SMILES string of the molecule is Cc1ccc(F)cc1[C@@H]1CCCCN1. The topological polar surface area (TPSA) is 12.0 Å². The monoisotopic (exact) mass is 193 g/mol. The molecule has 0 aromatic heterocycles. The summed E-state index contributed by atoms with van der Waals surface area (Å²) in [6.45, 7) is 3.10. The Labute approximate surface area is 84.3 Å². The maximum Gasteiger partial charge on any atom is 0.123 e. The van der Waals surface area contributed by atoms with Crippen molar-refractivity contribution in [3.63, 3.8) is 0 Å². The van der Waals surface area contributed by atoms with Gasteiger partial charge in [-0.25, -0.2) is 4.39 Å². The Hall–Kier alpha value is -0.890. The highest BCUT2D eigenvalue weighted by Crippen LogP contribution is 2.25. The molecule has 2 heteroatoms. The van der Waals surface area contributed by atoms with Gasteiger partial charge in [0.25, 0.3) is 0 Å². The highest BCUT2D eigenvalue weighted by atomic mass is 19.1. The average molecular weight is 193 g/mol. The van der Waals surface area contributed by atoms with Crippen molar-refractivity contribution in [2.45, 2.75) is 32.2 Å². The van der Waals surface area contributed by atoms with Crippen molar-refractivity contribution in [3.8, 4) is 0 Å². The normalized spacial score (nSPS) is 22.3. The molecule has 1 fully saturated rings. The van der Waals surface area contributed by atoms with Crippen LogP contribution in [0.25, 0.3) is 0 Å². The molecule has 0 aliphatic carbocycles. The molecule has 1 saturated heterocycles. The second-order valence-electron chi connectivity index (χ2n) is 4.00. The van der Waals surface area contributed by atoms with Crippen LogP contribution in [0.3, 0.4) is 0 Å². The second kappa shape index (κ2) is 4.09. The molecule has 0 saturated carbocycles. The van der Waals surface area contributed by atoms with E-state index in [2.05, 4.69) is 5.32 Å². The molecule has 2 rings (SSSR count). The molecule has 0 bridgehead atoms. The van der Waals surface area contributed by atoms with Crippen LogP contribution in [-0.4, -0.2) is 6.54 Å². The van der Waals surface area contributed by atoms with Gasteiger partial charge in [-0.2, -0.15) is 0 Å². The highest BCUT2D eigenvalue weighted by molar-refractivity contribution is 5.29. The summed E-state index contributed by atoms with van der Waals surface area (Å²) in [7, 11) is 0. The average Bonchev–Trinajstić information content (AvgIpc) is 2.23. The smallest absolute Gasteiger partial charge is 0.123 e. The lowest BCUT2D eigenvalue weighted by atomic mass is 9.94. The van der Waals surface area contributed by atoms with Gasteiger partial charge in [-0.1, -0.05) is 12.5 Å². The minimum Gasteiger partial charge on any atom is -0.310 e. The van der Waals surface area contributed by atoms with Crippen molar-refractivity contribution in [3.05, 3.63) is 35.1 Å². The summed E-state index contributed by atoms with van der Waals surface area (Å²) < 4.78 is 13.1. The van der Waals surface area contributed by atoms with Crippen LogP contribution >= 0.6 is 0 Å². The second-order valence-corrected chi connectivity index (χ2v) is 4.00. The molecule has 1 aliphatic rings. The van der Waals surface area contributed by atoms with Gasteiger partial charge in [0.2, 0.25) is 0 Å². The van der Waals surface area contributed by atoms with Crippen LogP contribution in [0.2, 0.25) is 0 Å². The first-order valence-corrected chi connectivity index (χ1v) is 5.27. The number of aryl methyl sites for hydroxylation is 1. The molecule has 0 spiro atoms. The lowest BCUT2D eigenvalue weighted by molar-refractivity contribution is 0.409. The molecule has 1 N–H and O–H groups in total. The Balaban J connectivity index is 2.24. The van der Waals surface area contributed by atoms with Crippen molar-refractivity contribution >= 4 is 0 Å². The third kappa shape index (κ3) is 1.95. The van der Waals surface area contributed by atoms with E-state index in [1.807, 2.05) is 13.0 Å². The van der Waals surface area contributed by atoms with Crippen LogP contribution in [0.4, 0.5) is 4.39 Å². The van der Waals surface area contributed by atoms with Crippen LogP contribution in [0, 0.1) is 12.7 Å². The van der Waals surface area contributed by atoms with E-state index < -0.39 is 0 Å². The number of nitrogens with one attached hydrogen (secondary N) is 1. The van der Waals surface area contributed by atoms with E-state index in [0.717, 1.165) is 18.5 Å². The highest BCUT2D eigenvalue weighted by Gasteiger charge is 2.16. The largest absolute Gasteiger partial charge is 0.310 e. The maximum absolute atomic E-state index is 13.1. The van der Waals surface area contributed by atoms with Crippen LogP contribution < -0.4 is 5.32 Å². The van der Waals surface area contributed by atoms with E-state index in [4.69, 9.17) is 0 Å². The van der Waals surface area contributed by atoms with E-state index in [1.54, 1.807) is 6.07 Å². The Kier molecular flexibility index (Phi) is 2.82. The number of rotatable bonds is 1. The first-order valence-electron chi connectivity index (χ1n) is 5.27. The summed E-state index contributed by atoms with van der Waals surface area (Å²) in [5.41, 5.74) is 2.32. The van der Waals surface area contributed by atoms with E-state index in [1.165, 1.54) is 24.5 Å². The van der Waals surface area contributed by atoms with Crippen LogP contribution in [-0.2, 0) is 0 Å². The van der Waals surface area contributed by atoms with Gasteiger partial charge in [0.15, 0.2) is 0 Å². The predicted octanol–water partition coefficient (Wildman–Crippen LogP) is 2.95. The van der Waals surface area contributed by atoms with E-state index in [-0.39, 0.29) is 5.82 Å². The molecule has 1 aromatic carbocycles. The molecule has 0 amide bonds. The van der Waals surface area contributed by atoms with Gasteiger partial charge in [0.05, 0.1) is 0 Å². The quantitative estimate of drug-likeness (QED) is 0.723. The van der Waals surface area contributed by atoms with Gasteiger partial charge in [-0.05, 0) is 49.6 Å². The number of piperidine rings is 1. The maximum atomic E-state index is 13.1. The summed E-state index contributed by atoms with van der Waals surface area (Å²) in [4.78, 5) is 0. The zero-order valence-corrected chi connectivity index (χ0v) is 8.52. The van der Waals surface area contributed by atoms with Crippen LogP contribution in [0.1, 0.15) is 36.4 Å². The fourth-order valence-corrected chi connectivity index (χ4v) is 2.10. The standard InChI is InChI=1S/C12H16FN/c1-9-5-6-10(13)8-11(9)12-4-2-3-7-14-12/h5-6,8,12,14H,2-4,7H2,1H3/t12-/m0/s1. The molecule has 1 atom stereocenters. The summed E-state index contributed by atoms with van der Waals surface area (Å²) >= 11 is 0. The molecule has 0 radical (unpaired) electrons. The zero-order valence-electron chi connectivity index (χ0n) is 8.52. The molecule has 14 heavy (non-hydrogen) atoms. The fraction of sp³-hybridized carbons (Fsp3) is 0.500. The first-order chi connectivity index (χ1) is 6.77. The number of benzene rings is 1. The molecule has 1 aliphatic heterocycles. The Morgan fingerprint density at radius 2 is 2.21 bits per heavy atom. The van der Waals surface area contributed by atoms with E-state index in [9.17, 15) is 4.39 Å². The van der Waals surface area contributed by atoms with E-state index >= 15 is 0 Å². The molecule has 76 valence electrons. The number of hydrogen-bond acceptors (Lipinski definition) is 1. The van der Waals surface area contributed by atoms with Crippen molar-refractivity contribution in [1.82, 2.24) is 5.32 Å². The minimum atomic E-state index is -0.127. The van der Waals surface area contributed by atoms with Gasteiger partial charge in [-0.15, -0.1) is 0 Å². The first kappa shape index (κ1) is 9.66. The van der Waals surface area contributed by atoms with Gasteiger partial charge in [-0.3, -0.25) is 0 Å². The minimum absolute atomic E-state index is 0.127. The lowest BCUT2D eigenvalue weighted by Crippen LogP contribution is -2.27. The Bertz CT molecular complexity index is 316. The Morgan fingerprint density at radius 1 is 1.36 bits per heavy atom. The van der Waals surface area contributed by atoms with Crippen LogP contribution in [0.5, 0.6) is 0 Å². The summed E-state index contributed by atoms with van der Waals surface area (Å²) in [5, 5.41) is 3.44. The van der Waals surface area contributed by atoms with Crippen molar-refractivity contribution in [2.75, 3.05) is 6.54 Å². The summed E-state index contributed by atoms with van der Waals surface area (Å²) in [5.74, 6) is -0.127. The fourth-order valence-electron chi connectivity index (χ4n) is 2.10. The zero-order chi connectivity index (χ0) is 9.97. The predicted molar refractivity (Wildman–Crippen MR) is 55.7 cm³/mol. The van der Waals surface area contributed by atoms with E-state index in [0.29, 0.717) is 6.04 Å². The molecule has 1 heterocycles. The van der Waals surface area contributed by atoms with Crippen molar-refractivity contribution < 1.29 is 4.39 Å². The molecular weight excluding hydrogens is 177 g/mol. The number of hydrogen-bond donors (Lipinski definition) is 1. The lowest BCUT2D eigenvalue weighted by Gasteiger charge is -2.25. The number of halogens is 1. The third-order valence-electron chi connectivity index (χ3n) is 2.93. The van der Waals surface area contributed by atoms with Crippen molar-refractivity contribution in [2.24, 2.45) is 0 Å². The van der Waals surface area contributed by atoms with Crippen LogP contribution in [0.15, 0.2) is 18.2 Å². The van der Waals surface area contributed by atoms with Gasteiger partial charge in [0, 0.05) is 6.04 Å². The van der Waals surface area contributed by atoms with Gasteiger partial charge in [0.1, 0.15) is 5.82 Å². The third-order valence-corrected chi connectivity index (χ3v) is 2.93. The van der Waals surface area contributed by atoms with Crippen molar-refractivity contribution in [1.29, 1.82) is 0 Å². The molecule has 1 nitrogen and oxygen atoms in total.